The van der Waals surface area contributed by atoms with Crippen molar-refractivity contribution >= 4 is 17.6 Å². The van der Waals surface area contributed by atoms with Gasteiger partial charge in [0.15, 0.2) is 5.82 Å². The van der Waals surface area contributed by atoms with Gasteiger partial charge in [-0.05, 0) is 91.8 Å². The molecule has 8 rings (SSSR count). The summed E-state index contributed by atoms with van der Waals surface area (Å²) < 4.78 is 7.30. The molecular formula is C31H34N8O. The Kier molecular flexibility index (Phi) is 5.81. The van der Waals surface area contributed by atoms with Crippen LogP contribution >= 0.6 is 0 Å². The lowest BCUT2D eigenvalue weighted by Crippen LogP contribution is -2.66. The first-order valence-corrected chi connectivity index (χ1v) is 14.6. The molecule has 9 nitrogen and oxygen atoms in total. The van der Waals surface area contributed by atoms with Gasteiger partial charge in [-0.25, -0.2) is 0 Å². The lowest BCUT2D eigenvalue weighted by atomic mass is 9.87. The smallest absolute Gasteiger partial charge is 0.248 e. The molecule has 9 heteroatoms. The molecule has 2 aromatic heterocycles. The molecule has 0 radical (unpaired) electrons. The molecule has 4 heterocycles. The van der Waals surface area contributed by atoms with Crippen molar-refractivity contribution in [2.45, 2.75) is 69.5 Å². The number of nitrogen functional groups attached to an aromatic ring is 1. The van der Waals surface area contributed by atoms with Crippen LogP contribution in [0.3, 0.4) is 0 Å². The van der Waals surface area contributed by atoms with E-state index in [0.717, 1.165) is 62.3 Å². The van der Waals surface area contributed by atoms with E-state index in [0.29, 0.717) is 29.9 Å². The van der Waals surface area contributed by atoms with Crippen LogP contribution in [0.25, 0.3) is 17.1 Å². The summed E-state index contributed by atoms with van der Waals surface area (Å²) in [5.74, 6) is 1.33. The molecule has 2 fully saturated rings. The quantitative estimate of drug-likeness (QED) is 0.374. The van der Waals surface area contributed by atoms with Gasteiger partial charge in [0, 0.05) is 29.4 Å². The molecular weight excluding hydrogens is 500 g/mol. The zero-order valence-corrected chi connectivity index (χ0v) is 22.6. The number of rotatable bonds is 4. The summed E-state index contributed by atoms with van der Waals surface area (Å²) in [4.78, 5) is 7.25. The Labute approximate surface area is 233 Å². The van der Waals surface area contributed by atoms with E-state index in [1.54, 1.807) is 4.68 Å². The van der Waals surface area contributed by atoms with Crippen LogP contribution in [-0.4, -0.2) is 61.2 Å². The van der Waals surface area contributed by atoms with Gasteiger partial charge in [0.05, 0.1) is 18.9 Å². The van der Waals surface area contributed by atoms with Crippen molar-refractivity contribution in [2.24, 2.45) is 0 Å². The number of hydrogen-bond donors (Lipinski definition) is 2. The second kappa shape index (κ2) is 9.67. The zero-order valence-electron chi connectivity index (χ0n) is 22.6. The molecule has 40 heavy (non-hydrogen) atoms. The van der Waals surface area contributed by atoms with Gasteiger partial charge in [0.25, 0.3) is 0 Å². The lowest BCUT2D eigenvalue weighted by Gasteiger charge is -2.56. The van der Waals surface area contributed by atoms with Crippen LogP contribution < -0.4 is 11.1 Å². The first kappa shape index (κ1) is 24.0. The van der Waals surface area contributed by atoms with Gasteiger partial charge in [-0.2, -0.15) is 9.67 Å². The molecule has 2 aromatic carbocycles. The second-order valence-corrected chi connectivity index (χ2v) is 11.7. The van der Waals surface area contributed by atoms with Gasteiger partial charge in [-0.1, -0.05) is 30.3 Å². The third-order valence-corrected chi connectivity index (χ3v) is 9.26. The summed E-state index contributed by atoms with van der Waals surface area (Å²) in [7, 11) is 0. The minimum atomic E-state index is 0.285. The maximum absolute atomic E-state index is 6.31. The fourth-order valence-corrected chi connectivity index (χ4v) is 7.28. The normalized spacial score (nSPS) is 23.6. The van der Waals surface area contributed by atoms with Gasteiger partial charge in [0.1, 0.15) is 0 Å². The number of ether oxygens (including phenoxy) is 1. The van der Waals surface area contributed by atoms with Crippen molar-refractivity contribution in [1.82, 2.24) is 29.9 Å². The molecule has 204 valence electrons. The Morgan fingerprint density at radius 3 is 2.52 bits per heavy atom. The number of nitrogens with one attached hydrogen (secondary N) is 1. The van der Waals surface area contributed by atoms with Crippen molar-refractivity contribution in [3.63, 3.8) is 0 Å². The van der Waals surface area contributed by atoms with Crippen LogP contribution in [0.5, 0.6) is 0 Å². The number of nitrogens with zero attached hydrogens (tertiary/aromatic N) is 6. The van der Waals surface area contributed by atoms with Crippen molar-refractivity contribution < 1.29 is 4.74 Å². The highest BCUT2D eigenvalue weighted by Crippen LogP contribution is 2.37. The van der Waals surface area contributed by atoms with Crippen molar-refractivity contribution in [1.29, 1.82) is 0 Å². The molecule has 3 atom stereocenters. The SMILES string of the molecule is Nc1nc(Nc2ccc3c(c2)CC[C@@H](N2C4COCC2C4)CC3)nn1-c1cc2c(nn1)-c1ccccc1CCC2. The van der Waals surface area contributed by atoms with E-state index < -0.39 is 0 Å². The summed E-state index contributed by atoms with van der Waals surface area (Å²) in [6.45, 7) is 1.81. The van der Waals surface area contributed by atoms with Crippen LogP contribution in [0.15, 0.2) is 48.5 Å². The highest BCUT2D eigenvalue weighted by Gasteiger charge is 2.45. The summed E-state index contributed by atoms with van der Waals surface area (Å²) in [5.41, 5.74) is 14.8. The zero-order chi connectivity index (χ0) is 26.6. The average Bonchev–Trinajstić information content (AvgIpc) is 3.12. The van der Waals surface area contributed by atoms with Gasteiger partial charge >= 0.3 is 0 Å². The van der Waals surface area contributed by atoms with E-state index in [4.69, 9.17) is 10.5 Å². The molecule has 2 aliphatic heterocycles. The molecule has 0 saturated carbocycles. The number of benzene rings is 2. The number of fused-ring (bicyclic) bond motifs is 6. The molecule has 2 saturated heterocycles. The summed E-state index contributed by atoms with van der Waals surface area (Å²) in [5, 5.41) is 17.1. The van der Waals surface area contributed by atoms with E-state index >= 15 is 0 Å². The molecule has 0 amide bonds. The maximum atomic E-state index is 6.31. The Morgan fingerprint density at radius 2 is 1.65 bits per heavy atom. The Morgan fingerprint density at radius 1 is 0.825 bits per heavy atom. The van der Waals surface area contributed by atoms with E-state index in [9.17, 15) is 0 Å². The monoisotopic (exact) mass is 534 g/mol. The molecule has 0 spiro atoms. The third kappa shape index (κ3) is 4.15. The number of hydrogen-bond acceptors (Lipinski definition) is 8. The molecule has 2 unspecified atom stereocenters. The lowest BCUT2D eigenvalue weighted by molar-refractivity contribution is -0.148. The summed E-state index contributed by atoms with van der Waals surface area (Å²) in [6, 6.07) is 19.1. The average molecular weight is 535 g/mol. The highest BCUT2D eigenvalue weighted by molar-refractivity contribution is 5.68. The van der Waals surface area contributed by atoms with Crippen LogP contribution in [0.2, 0.25) is 0 Å². The van der Waals surface area contributed by atoms with Gasteiger partial charge in [0.2, 0.25) is 11.9 Å². The van der Waals surface area contributed by atoms with Crippen LogP contribution in [-0.2, 0) is 30.4 Å². The predicted molar refractivity (Wildman–Crippen MR) is 154 cm³/mol. The Hall–Kier alpha value is -3.82. The fourth-order valence-electron chi connectivity index (χ4n) is 7.28. The number of anilines is 3. The standard InChI is InChI=1S/C31H34N8O/c32-30-34-31(37-39(30)28-15-22-6-3-5-20-4-1-2-7-27(20)29(22)36-35-28)33-23-11-8-19-9-12-24(13-10-21(19)14-23)38-25-16-26(38)18-40-17-25/h1-2,4,7-8,11,14-15,24-26H,3,5-6,9-10,12-13,16-18H2,(H3,32,33,34,37)/t24-,25?,26?/m0/s1. The molecule has 3 N–H and O–H groups in total. The van der Waals surface area contributed by atoms with Crippen LogP contribution in [0.1, 0.15) is 47.9 Å². The van der Waals surface area contributed by atoms with E-state index in [1.165, 1.54) is 41.5 Å². The van der Waals surface area contributed by atoms with E-state index in [-0.39, 0.29) is 5.95 Å². The molecule has 2 bridgehead atoms. The van der Waals surface area contributed by atoms with Crippen LogP contribution in [0.4, 0.5) is 17.6 Å². The van der Waals surface area contributed by atoms with Gasteiger partial charge in [-0.15, -0.1) is 15.3 Å². The highest BCUT2D eigenvalue weighted by atomic mass is 16.5. The van der Waals surface area contributed by atoms with Gasteiger partial charge < -0.3 is 15.8 Å². The molecule has 2 aliphatic carbocycles. The second-order valence-electron chi connectivity index (χ2n) is 11.7. The minimum absolute atomic E-state index is 0.285. The van der Waals surface area contributed by atoms with Crippen LogP contribution in [0, 0.1) is 0 Å². The van der Waals surface area contributed by atoms with Crippen molar-refractivity contribution in [3.8, 4) is 17.1 Å². The number of aromatic nitrogens is 5. The summed E-state index contributed by atoms with van der Waals surface area (Å²) in [6.07, 6.45) is 8.99. The minimum Gasteiger partial charge on any atom is -0.378 e. The Balaban J connectivity index is 1.00. The largest absolute Gasteiger partial charge is 0.378 e. The van der Waals surface area contributed by atoms with Crippen molar-refractivity contribution in [3.05, 3.63) is 70.8 Å². The Bertz CT molecular complexity index is 1570. The van der Waals surface area contributed by atoms with E-state index in [2.05, 4.69) is 79.0 Å². The fraction of sp³-hybridized carbons (Fsp3) is 0.419. The predicted octanol–water partition coefficient (Wildman–Crippen LogP) is 4.26. The summed E-state index contributed by atoms with van der Waals surface area (Å²) >= 11 is 0. The number of morpholine rings is 1. The number of aryl methyl sites for hydroxylation is 4. The third-order valence-electron chi connectivity index (χ3n) is 9.26. The van der Waals surface area contributed by atoms with Gasteiger partial charge in [-0.3, -0.25) is 4.90 Å². The first-order valence-electron chi connectivity index (χ1n) is 14.6. The number of nitrogens with two attached hydrogens (primary N) is 1. The first-order chi connectivity index (χ1) is 19.7. The van der Waals surface area contributed by atoms with Crippen molar-refractivity contribution in [2.75, 3.05) is 24.3 Å². The van der Waals surface area contributed by atoms with E-state index in [1.807, 2.05) is 0 Å². The maximum Gasteiger partial charge on any atom is 0.248 e. The molecule has 4 aromatic rings. The molecule has 4 aliphatic rings. The topological polar surface area (TPSA) is 107 Å².